The van der Waals surface area contributed by atoms with Crippen LogP contribution in [0, 0.1) is 5.21 Å². The molecule has 2 aromatic heterocycles. The normalized spacial score (nSPS) is 14.1. The molecule has 0 bridgehead atoms. The van der Waals surface area contributed by atoms with Crippen LogP contribution < -0.4 is 9.74 Å². The average Bonchev–Trinajstić information content (AvgIpc) is 3.19. The van der Waals surface area contributed by atoms with Crippen molar-refractivity contribution in [3.63, 3.8) is 0 Å². The molecular weight excluding hydrogens is 318 g/mol. The maximum atomic E-state index is 11.8. The van der Waals surface area contributed by atoms with Gasteiger partial charge in [-0.3, -0.25) is 4.63 Å². The third-order valence-corrected chi connectivity index (χ3v) is 4.95. The van der Waals surface area contributed by atoms with Crippen molar-refractivity contribution in [2.45, 2.75) is 32.3 Å². The first-order chi connectivity index (χ1) is 12.3. The second-order valence-corrected chi connectivity index (χ2v) is 6.44. The smallest absolute Gasteiger partial charge is 0.258 e. The van der Waals surface area contributed by atoms with E-state index < -0.39 is 0 Å². The highest BCUT2D eigenvalue weighted by atomic mass is 16.8. The Balaban J connectivity index is 1.68. The van der Waals surface area contributed by atoms with Crippen molar-refractivity contribution in [3.8, 4) is 0 Å². The van der Waals surface area contributed by atoms with Crippen LogP contribution in [0.2, 0.25) is 0 Å². The van der Waals surface area contributed by atoms with Crippen LogP contribution in [-0.2, 0) is 19.4 Å². The second-order valence-electron chi connectivity index (χ2n) is 6.44. The molecule has 0 fully saturated rings. The van der Waals surface area contributed by atoms with E-state index in [1.54, 1.807) is 6.07 Å². The molecule has 0 unspecified atom stereocenters. The van der Waals surface area contributed by atoms with E-state index in [-0.39, 0.29) is 0 Å². The van der Waals surface area contributed by atoms with Gasteiger partial charge in [0.2, 0.25) is 5.52 Å². The second kappa shape index (κ2) is 5.51. The van der Waals surface area contributed by atoms with Crippen LogP contribution in [0.5, 0.6) is 0 Å². The minimum atomic E-state index is 0.459. The Morgan fingerprint density at radius 3 is 2.84 bits per heavy atom. The van der Waals surface area contributed by atoms with Gasteiger partial charge in [0.15, 0.2) is 0 Å². The Morgan fingerprint density at radius 2 is 1.96 bits per heavy atom. The minimum Gasteiger partial charge on any atom is -0.409 e. The zero-order valence-corrected chi connectivity index (χ0v) is 13.6. The molecule has 0 saturated heterocycles. The largest absolute Gasteiger partial charge is 0.409 e. The summed E-state index contributed by atoms with van der Waals surface area (Å²) in [5.41, 5.74) is 5.56. The molecule has 4 aromatic rings. The van der Waals surface area contributed by atoms with E-state index in [1.807, 2.05) is 41.1 Å². The molecule has 0 atom stereocenters. The summed E-state index contributed by atoms with van der Waals surface area (Å²) in [6.07, 6.45) is 4.21. The lowest BCUT2D eigenvalue weighted by atomic mass is 9.95. The first-order valence-corrected chi connectivity index (χ1v) is 8.55. The van der Waals surface area contributed by atoms with E-state index in [9.17, 15) is 5.21 Å². The molecule has 25 heavy (non-hydrogen) atoms. The fourth-order valence-electron chi connectivity index (χ4n) is 3.79. The van der Waals surface area contributed by atoms with Crippen LogP contribution in [0.15, 0.2) is 47.1 Å². The van der Waals surface area contributed by atoms with Gasteiger partial charge in [-0.05, 0) is 53.8 Å². The Kier molecular flexibility index (Phi) is 3.16. The molecule has 5 rings (SSSR count). The van der Waals surface area contributed by atoms with Gasteiger partial charge in [-0.25, -0.2) is 0 Å². The molecule has 6 nitrogen and oxygen atoms in total. The van der Waals surface area contributed by atoms with Gasteiger partial charge in [-0.2, -0.15) is 4.73 Å². The van der Waals surface area contributed by atoms with E-state index in [1.165, 1.54) is 11.3 Å². The number of nitrogens with zero attached hydrogens (tertiary/aromatic N) is 3. The number of aryl methyl sites for hydroxylation is 1. The molecule has 126 valence electrons. The third-order valence-electron chi connectivity index (χ3n) is 4.95. The highest BCUT2D eigenvalue weighted by Gasteiger charge is 2.26. The van der Waals surface area contributed by atoms with Crippen LogP contribution >= 0.6 is 0 Å². The molecule has 1 aliphatic carbocycles. The number of aromatic nitrogens is 3. The van der Waals surface area contributed by atoms with Gasteiger partial charge in [0.1, 0.15) is 6.61 Å². The zero-order valence-electron chi connectivity index (χ0n) is 13.6. The third kappa shape index (κ3) is 2.17. The topological polar surface area (TPSA) is 67.1 Å². The van der Waals surface area contributed by atoms with Gasteiger partial charge >= 0.3 is 0 Å². The summed E-state index contributed by atoms with van der Waals surface area (Å²) in [7, 11) is 0. The van der Waals surface area contributed by atoms with Crippen molar-refractivity contribution in [2.75, 3.05) is 0 Å². The lowest BCUT2D eigenvalue weighted by molar-refractivity contribution is -0.782. The van der Waals surface area contributed by atoms with Gasteiger partial charge in [0.25, 0.3) is 5.52 Å². The van der Waals surface area contributed by atoms with Crippen LogP contribution in [0.1, 0.15) is 29.7 Å². The first-order valence-electron chi connectivity index (χ1n) is 8.55. The first kappa shape index (κ1) is 14.3. The maximum absolute atomic E-state index is 11.8. The molecule has 0 aliphatic heterocycles. The molecule has 2 aromatic carbocycles. The maximum Gasteiger partial charge on any atom is 0.258 e. The summed E-state index contributed by atoms with van der Waals surface area (Å²) >= 11 is 0. The van der Waals surface area contributed by atoms with E-state index in [0.717, 1.165) is 42.1 Å². The van der Waals surface area contributed by atoms with Crippen LogP contribution in [0.25, 0.3) is 21.9 Å². The SMILES string of the molecule is [O-][n+]1onc2c3c4c(n(OCc5ccccc5)c3ccc21)CCCC4. The van der Waals surface area contributed by atoms with Gasteiger partial charge < -0.3 is 10.0 Å². The minimum absolute atomic E-state index is 0.459. The fourth-order valence-corrected chi connectivity index (χ4v) is 3.79. The Labute approximate surface area is 143 Å². The van der Waals surface area contributed by atoms with Crippen molar-refractivity contribution >= 4 is 21.9 Å². The summed E-state index contributed by atoms with van der Waals surface area (Å²) < 4.78 is 6.74. The molecule has 1 aliphatic rings. The summed E-state index contributed by atoms with van der Waals surface area (Å²) in [5, 5.41) is 16.7. The molecule has 0 N–H and O–H groups in total. The predicted molar refractivity (Wildman–Crippen MR) is 91.8 cm³/mol. The Hall–Kier alpha value is -3.02. The summed E-state index contributed by atoms with van der Waals surface area (Å²) in [6.45, 7) is 0.496. The molecule has 0 amide bonds. The highest BCUT2D eigenvalue weighted by Crippen LogP contribution is 2.35. The number of benzene rings is 2. The quantitative estimate of drug-likeness (QED) is 0.540. The van der Waals surface area contributed by atoms with Crippen molar-refractivity contribution in [1.29, 1.82) is 0 Å². The zero-order chi connectivity index (χ0) is 16.8. The predicted octanol–water partition coefficient (Wildman–Crippen LogP) is 2.92. The molecule has 2 heterocycles. The summed E-state index contributed by atoms with van der Waals surface area (Å²) in [6, 6.07) is 13.8. The lowest BCUT2D eigenvalue weighted by Gasteiger charge is -2.16. The standard InChI is InChI=1S/C19H17N3O3/c23-22-17-11-10-16-18(19(17)20-25-22)14-8-4-5-9-15(14)21(16)24-12-13-6-2-1-3-7-13/h1-3,6-7,10-11H,4-5,8-9,12H2. The molecule has 0 spiro atoms. The van der Waals surface area contributed by atoms with Gasteiger partial charge in [-0.15, -0.1) is 0 Å². The highest BCUT2D eigenvalue weighted by molar-refractivity contribution is 6.04. The monoisotopic (exact) mass is 335 g/mol. The number of fused-ring (bicyclic) bond motifs is 5. The van der Waals surface area contributed by atoms with Crippen LogP contribution in [-0.4, -0.2) is 9.89 Å². The molecule has 0 saturated carbocycles. The van der Waals surface area contributed by atoms with E-state index in [0.29, 0.717) is 22.5 Å². The average molecular weight is 335 g/mol. The summed E-state index contributed by atoms with van der Waals surface area (Å²) in [4.78, 5) is 6.64. The number of hydrogen-bond donors (Lipinski definition) is 0. The number of rotatable bonds is 3. The summed E-state index contributed by atoms with van der Waals surface area (Å²) in [5.74, 6) is 0. The Bertz CT molecular complexity index is 1070. The van der Waals surface area contributed by atoms with Crippen molar-refractivity contribution in [1.82, 2.24) is 9.89 Å². The Morgan fingerprint density at radius 1 is 1.12 bits per heavy atom. The van der Waals surface area contributed by atoms with E-state index in [2.05, 4.69) is 5.16 Å². The van der Waals surface area contributed by atoms with Crippen LogP contribution in [0.4, 0.5) is 0 Å². The van der Waals surface area contributed by atoms with Crippen LogP contribution in [0.3, 0.4) is 0 Å². The van der Waals surface area contributed by atoms with Crippen molar-refractivity contribution in [2.24, 2.45) is 0 Å². The van der Waals surface area contributed by atoms with Gasteiger partial charge in [0, 0.05) is 5.16 Å². The lowest BCUT2D eigenvalue weighted by Crippen LogP contribution is -2.22. The molecule has 0 radical (unpaired) electrons. The van der Waals surface area contributed by atoms with Crippen molar-refractivity contribution in [3.05, 3.63) is 64.5 Å². The van der Waals surface area contributed by atoms with Gasteiger partial charge in [0.05, 0.1) is 16.6 Å². The number of hydrogen-bond acceptors (Lipinski definition) is 4. The van der Waals surface area contributed by atoms with E-state index in [4.69, 9.17) is 9.47 Å². The molecular formula is C19H17N3O3. The van der Waals surface area contributed by atoms with Gasteiger partial charge in [-0.1, -0.05) is 30.3 Å². The molecule has 6 heteroatoms. The van der Waals surface area contributed by atoms with E-state index >= 15 is 0 Å². The van der Waals surface area contributed by atoms with Crippen molar-refractivity contribution < 1.29 is 14.4 Å². The fraction of sp³-hybridized carbons (Fsp3) is 0.263.